The SMILES string of the molecule is CC(C)c1ccc(-c2nc(CN3CC(=O)N(C)C3)cs2)cc1. The van der Waals surface area contributed by atoms with Gasteiger partial charge in [-0.15, -0.1) is 11.3 Å². The molecule has 4 nitrogen and oxygen atoms in total. The van der Waals surface area contributed by atoms with Crippen molar-refractivity contribution < 1.29 is 4.79 Å². The van der Waals surface area contributed by atoms with Crippen molar-refractivity contribution in [1.82, 2.24) is 14.8 Å². The summed E-state index contributed by atoms with van der Waals surface area (Å²) in [5.74, 6) is 0.727. The van der Waals surface area contributed by atoms with E-state index in [-0.39, 0.29) is 5.91 Å². The van der Waals surface area contributed by atoms with Crippen LogP contribution in [0.5, 0.6) is 0 Å². The first-order valence-electron chi connectivity index (χ1n) is 7.54. The molecule has 0 N–H and O–H groups in total. The fourth-order valence-electron chi connectivity index (χ4n) is 2.60. The van der Waals surface area contributed by atoms with Crippen LogP contribution in [-0.2, 0) is 11.3 Å². The second-order valence-corrected chi connectivity index (χ2v) is 7.00. The Morgan fingerprint density at radius 1 is 1.27 bits per heavy atom. The Morgan fingerprint density at radius 2 is 2.00 bits per heavy atom. The number of hydrogen-bond acceptors (Lipinski definition) is 4. The third-order valence-electron chi connectivity index (χ3n) is 3.96. The molecule has 2 aromatic rings. The number of hydrogen-bond donors (Lipinski definition) is 0. The van der Waals surface area contributed by atoms with Gasteiger partial charge in [0, 0.05) is 24.5 Å². The minimum Gasteiger partial charge on any atom is -0.332 e. The second-order valence-electron chi connectivity index (χ2n) is 6.14. The van der Waals surface area contributed by atoms with Gasteiger partial charge < -0.3 is 4.90 Å². The lowest BCUT2D eigenvalue weighted by molar-refractivity contribution is -0.125. The van der Waals surface area contributed by atoms with Crippen LogP contribution in [-0.4, -0.2) is 41.0 Å². The number of thiazole rings is 1. The summed E-state index contributed by atoms with van der Waals surface area (Å²) < 4.78 is 0. The molecule has 0 spiro atoms. The van der Waals surface area contributed by atoms with E-state index in [1.807, 2.05) is 7.05 Å². The minimum atomic E-state index is 0.180. The van der Waals surface area contributed by atoms with Crippen molar-refractivity contribution in [2.75, 3.05) is 20.3 Å². The summed E-state index contributed by atoms with van der Waals surface area (Å²) in [5.41, 5.74) is 3.55. The Morgan fingerprint density at radius 3 is 2.59 bits per heavy atom. The molecule has 1 aliphatic rings. The topological polar surface area (TPSA) is 36.4 Å². The maximum Gasteiger partial charge on any atom is 0.237 e. The fourth-order valence-corrected chi connectivity index (χ4v) is 3.42. The maximum atomic E-state index is 11.6. The Labute approximate surface area is 135 Å². The fraction of sp³-hybridized carbons (Fsp3) is 0.412. The van der Waals surface area contributed by atoms with Crippen molar-refractivity contribution in [3.63, 3.8) is 0 Å². The molecule has 0 bridgehead atoms. The quantitative estimate of drug-likeness (QED) is 0.869. The first kappa shape index (κ1) is 15.2. The van der Waals surface area contributed by atoms with Crippen LogP contribution in [0.4, 0.5) is 0 Å². The highest BCUT2D eigenvalue weighted by molar-refractivity contribution is 7.13. The van der Waals surface area contributed by atoms with Crippen molar-refractivity contribution in [2.45, 2.75) is 26.3 Å². The third-order valence-corrected chi connectivity index (χ3v) is 4.90. The van der Waals surface area contributed by atoms with E-state index in [0.717, 1.165) is 22.8 Å². The molecule has 1 fully saturated rings. The monoisotopic (exact) mass is 315 g/mol. The molecule has 0 aliphatic carbocycles. The van der Waals surface area contributed by atoms with Crippen molar-refractivity contribution in [1.29, 1.82) is 0 Å². The Bertz CT molecular complexity index is 663. The van der Waals surface area contributed by atoms with Crippen LogP contribution in [0.15, 0.2) is 29.6 Å². The van der Waals surface area contributed by atoms with E-state index in [0.29, 0.717) is 19.1 Å². The van der Waals surface area contributed by atoms with Crippen LogP contribution in [0.3, 0.4) is 0 Å². The molecule has 3 rings (SSSR count). The van der Waals surface area contributed by atoms with Crippen LogP contribution in [0, 0.1) is 0 Å². The van der Waals surface area contributed by atoms with Gasteiger partial charge in [-0.25, -0.2) is 4.98 Å². The maximum absolute atomic E-state index is 11.6. The van der Waals surface area contributed by atoms with E-state index in [9.17, 15) is 4.79 Å². The lowest BCUT2D eigenvalue weighted by Gasteiger charge is -2.12. The summed E-state index contributed by atoms with van der Waals surface area (Å²) in [6, 6.07) is 8.64. The molecule has 0 radical (unpaired) electrons. The third kappa shape index (κ3) is 3.20. The number of carbonyl (C=O) groups excluding carboxylic acids is 1. The molecule has 1 aromatic heterocycles. The normalized spacial score (nSPS) is 16.0. The van der Waals surface area contributed by atoms with Gasteiger partial charge in [0.1, 0.15) is 5.01 Å². The Balaban J connectivity index is 1.69. The van der Waals surface area contributed by atoms with Gasteiger partial charge in [0.2, 0.25) is 5.91 Å². The molecule has 0 saturated carbocycles. The summed E-state index contributed by atoms with van der Waals surface area (Å²) >= 11 is 1.67. The number of carbonyl (C=O) groups is 1. The van der Waals surface area contributed by atoms with E-state index in [4.69, 9.17) is 4.98 Å². The molecule has 1 saturated heterocycles. The molecule has 0 atom stereocenters. The smallest absolute Gasteiger partial charge is 0.237 e. The molecule has 1 amide bonds. The zero-order chi connectivity index (χ0) is 15.7. The van der Waals surface area contributed by atoms with Gasteiger partial charge in [-0.1, -0.05) is 38.1 Å². The number of likely N-dealkylation sites (N-methyl/N-ethyl adjacent to an activating group) is 1. The lowest BCUT2D eigenvalue weighted by Crippen LogP contribution is -2.23. The molecular formula is C17H21N3OS. The average molecular weight is 315 g/mol. The van der Waals surface area contributed by atoms with Crippen molar-refractivity contribution in [2.24, 2.45) is 0 Å². The highest BCUT2D eigenvalue weighted by Gasteiger charge is 2.24. The van der Waals surface area contributed by atoms with Crippen molar-refractivity contribution in [3.05, 3.63) is 40.9 Å². The predicted octanol–water partition coefficient (Wildman–Crippen LogP) is 3.17. The van der Waals surface area contributed by atoms with Gasteiger partial charge in [-0.2, -0.15) is 0 Å². The zero-order valence-electron chi connectivity index (χ0n) is 13.2. The van der Waals surface area contributed by atoms with E-state index in [2.05, 4.69) is 48.4 Å². The number of amides is 1. The summed E-state index contributed by atoms with van der Waals surface area (Å²) in [5, 5.41) is 3.14. The van der Waals surface area contributed by atoms with E-state index in [1.54, 1.807) is 16.2 Å². The van der Waals surface area contributed by atoms with Crippen LogP contribution in [0.1, 0.15) is 31.0 Å². The van der Waals surface area contributed by atoms with Gasteiger partial charge in [0.25, 0.3) is 0 Å². The van der Waals surface area contributed by atoms with Gasteiger partial charge in [0.05, 0.1) is 18.9 Å². The summed E-state index contributed by atoms with van der Waals surface area (Å²) in [6.07, 6.45) is 0. The number of nitrogens with zero attached hydrogens (tertiary/aromatic N) is 3. The zero-order valence-corrected chi connectivity index (χ0v) is 14.1. The molecule has 0 unspecified atom stereocenters. The van der Waals surface area contributed by atoms with Crippen molar-refractivity contribution in [3.8, 4) is 10.6 Å². The first-order chi connectivity index (χ1) is 10.5. The van der Waals surface area contributed by atoms with Crippen LogP contribution in [0.25, 0.3) is 10.6 Å². The number of aromatic nitrogens is 1. The second kappa shape index (κ2) is 6.18. The van der Waals surface area contributed by atoms with Gasteiger partial charge >= 0.3 is 0 Å². The summed E-state index contributed by atoms with van der Waals surface area (Å²) in [6.45, 7) is 6.31. The largest absolute Gasteiger partial charge is 0.332 e. The molecule has 1 aromatic carbocycles. The molecule has 2 heterocycles. The van der Waals surface area contributed by atoms with E-state index >= 15 is 0 Å². The van der Waals surface area contributed by atoms with Gasteiger partial charge in [-0.05, 0) is 11.5 Å². The predicted molar refractivity (Wildman–Crippen MR) is 89.7 cm³/mol. The Kier molecular flexibility index (Phi) is 4.27. The first-order valence-corrected chi connectivity index (χ1v) is 8.42. The van der Waals surface area contributed by atoms with Crippen LogP contribution >= 0.6 is 11.3 Å². The van der Waals surface area contributed by atoms with E-state index < -0.39 is 0 Å². The van der Waals surface area contributed by atoms with Crippen molar-refractivity contribution >= 4 is 17.2 Å². The highest BCUT2D eigenvalue weighted by Crippen LogP contribution is 2.26. The molecule has 116 valence electrons. The minimum absolute atomic E-state index is 0.180. The Hall–Kier alpha value is -1.72. The molecule has 5 heteroatoms. The highest BCUT2D eigenvalue weighted by atomic mass is 32.1. The van der Waals surface area contributed by atoms with Crippen LogP contribution in [0.2, 0.25) is 0 Å². The standard InChI is InChI=1S/C17H21N3OS/c1-12(2)13-4-6-14(7-5-13)17-18-15(10-22-17)8-20-9-16(21)19(3)11-20/h4-7,10,12H,8-9,11H2,1-3H3. The van der Waals surface area contributed by atoms with Gasteiger partial charge in [-0.3, -0.25) is 9.69 Å². The van der Waals surface area contributed by atoms with Gasteiger partial charge in [0.15, 0.2) is 0 Å². The van der Waals surface area contributed by atoms with Crippen LogP contribution < -0.4 is 0 Å². The summed E-state index contributed by atoms with van der Waals surface area (Å²) in [4.78, 5) is 20.1. The van der Waals surface area contributed by atoms with E-state index in [1.165, 1.54) is 5.56 Å². The molecule has 22 heavy (non-hydrogen) atoms. The summed E-state index contributed by atoms with van der Waals surface area (Å²) in [7, 11) is 1.84. The number of benzene rings is 1. The molecule has 1 aliphatic heterocycles. The lowest BCUT2D eigenvalue weighted by atomic mass is 10.0. The number of rotatable bonds is 4. The molecular weight excluding hydrogens is 294 g/mol. The average Bonchev–Trinajstić information content (AvgIpc) is 3.07.